The quantitative estimate of drug-likeness (QED) is 0.301. The minimum atomic E-state index is 0. The Bertz CT molecular complexity index is 824. The predicted molar refractivity (Wildman–Crippen MR) is 127 cm³/mol. The molecular weight excluding hydrogens is 494 g/mol. The largest absolute Gasteiger partial charge is 0.473 e. The van der Waals surface area contributed by atoms with Crippen LogP contribution in [0.3, 0.4) is 0 Å². The van der Waals surface area contributed by atoms with Gasteiger partial charge in [0.1, 0.15) is 18.9 Å². The van der Waals surface area contributed by atoms with E-state index in [1.165, 1.54) is 24.4 Å². The maximum absolute atomic E-state index is 5.75. The first-order chi connectivity index (χ1) is 15.8. The van der Waals surface area contributed by atoms with Crippen molar-refractivity contribution in [3.05, 3.63) is 11.8 Å². The second-order valence-electron chi connectivity index (χ2n) is 6.75. The summed E-state index contributed by atoms with van der Waals surface area (Å²) in [7, 11) is 3.61. The van der Waals surface area contributed by atoms with Crippen LogP contribution in [0.1, 0.15) is 12.1 Å². The maximum atomic E-state index is 5.75. The Labute approximate surface area is 207 Å². The van der Waals surface area contributed by atoms with Crippen molar-refractivity contribution in [1.29, 1.82) is 0 Å². The molecule has 1 aliphatic heterocycles. The number of methoxy groups -OCH3 is 1. The average molecular weight is 524 g/mol. The zero-order valence-corrected chi connectivity index (χ0v) is 21.2. The first-order valence-corrected chi connectivity index (χ1v) is 11.8. The third-order valence-corrected chi connectivity index (χ3v) is 5.46. The summed E-state index contributed by atoms with van der Waals surface area (Å²) < 4.78 is 45.1. The standard InChI is InChI=1S/C19H29N5O6S2.ClH/c1-24-5-3-4-15(14-24)16-17(22-32-21-16)29-12-10-27-8-6-26-7-9-28-11-13-30-19-20-18(25-2)23-31-19;/h4H,3,5-14H2,1-2H3;1H. The molecule has 11 nitrogen and oxygen atoms in total. The van der Waals surface area contributed by atoms with Crippen molar-refractivity contribution in [3.8, 4) is 17.1 Å². The van der Waals surface area contributed by atoms with Crippen LogP contribution in [-0.4, -0.2) is 103 Å². The molecular formula is C19H30ClN5O6S2. The van der Waals surface area contributed by atoms with Gasteiger partial charge in [-0.15, -0.1) is 26.1 Å². The fourth-order valence-corrected chi connectivity index (χ4v) is 3.86. The Morgan fingerprint density at radius 3 is 2.21 bits per heavy atom. The molecule has 0 aliphatic carbocycles. The molecule has 0 unspecified atom stereocenters. The van der Waals surface area contributed by atoms with E-state index in [-0.39, 0.29) is 12.4 Å². The highest BCUT2D eigenvalue weighted by atomic mass is 35.5. The first kappa shape index (κ1) is 27.6. The summed E-state index contributed by atoms with van der Waals surface area (Å²) >= 11 is 2.31. The summed E-state index contributed by atoms with van der Waals surface area (Å²) in [4.78, 5) is 6.27. The molecule has 0 fully saturated rings. The van der Waals surface area contributed by atoms with Gasteiger partial charge in [-0.3, -0.25) is 0 Å². The van der Waals surface area contributed by atoms with Gasteiger partial charge < -0.3 is 33.3 Å². The molecule has 0 aromatic carbocycles. The monoisotopic (exact) mass is 523 g/mol. The molecule has 0 radical (unpaired) electrons. The van der Waals surface area contributed by atoms with Gasteiger partial charge in [-0.2, -0.15) is 4.37 Å². The molecule has 3 heterocycles. The van der Waals surface area contributed by atoms with Crippen LogP contribution in [-0.2, 0) is 14.2 Å². The van der Waals surface area contributed by atoms with Gasteiger partial charge in [0.15, 0.2) is 0 Å². The lowest BCUT2D eigenvalue weighted by Gasteiger charge is -2.22. The van der Waals surface area contributed by atoms with Crippen molar-refractivity contribution < 1.29 is 28.4 Å². The minimum Gasteiger partial charge on any atom is -0.473 e. The number of aromatic nitrogens is 4. The molecule has 186 valence electrons. The summed E-state index contributed by atoms with van der Waals surface area (Å²) in [6.45, 7) is 5.61. The molecule has 0 bridgehead atoms. The van der Waals surface area contributed by atoms with Crippen molar-refractivity contribution in [2.45, 2.75) is 6.42 Å². The van der Waals surface area contributed by atoms with Crippen molar-refractivity contribution in [2.24, 2.45) is 0 Å². The van der Waals surface area contributed by atoms with E-state index in [1.54, 1.807) is 0 Å². The molecule has 0 saturated carbocycles. The highest BCUT2D eigenvalue weighted by molar-refractivity contribution is 7.07. The third kappa shape index (κ3) is 10.0. The molecule has 0 amide bonds. The minimum absolute atomic E-state index is 0. The second kappa shape index (κ2) is 16.1. The zero-order valence-electron chi connectivity index (χ0n) is 18.8. The molecule has 14 heteroatoms. The number of ether oxygens (including phenoxy) is 6. The number of nitrogens with zero attached hydrogens (tertiary/aromatic N) is 5. The normalized spacial score (nSPS) is 13.9. The van der Waals surface area contributed by atoms with Gasteiger partial charge in [0.2, 0.25) is 0 Å². The van der Waals surface area contributed by atoms with E-state index < -0.39 is 0 Å². The van der Waals surface area contributed by atoms with Gasteiger partial charge in [-0.25, -0.2) is 0 Å². The molecule has 1 aliphatic rings. The van der Waals surface area contributed by atoms with Crippen LogP contribution in [0.5, 0.6) is 17.1 Å². The topological polar surface area (TPSA) is 110 Å². The van der Waals surface area contributed by atoms with Crippen LogP contribution < -0.4 is 14.2 Å². The Balaban J connectivity index is 0.00000385. The lowest BCUT2D eigenvalue weighted by molar-refractivity contribution is 0.00479. The molecule has 0 spiro atoms. The lowest BCUT2D eigenvalue weighted by atomic mass is 10.1. The SMILES string of the molecule is COc1nsc(OCCOCCOCCOCCOc2nsnc2C2=CCCN(C)C2)n1.Cl. The molecule has 2 aromatic heterocycles. The number of halogens is 1. The summed E-state index contributed by atoms with van der Waals surface area (Å²) in [5.74, 6) is 0.586. The number of hydrogen-bond acceptors (Lipinski definition) is 13. The van der Waals surface area contributed by atoms with E-state index in [9.17, 15) is 0 Å². The number of likely N-dealkylation sites (N-methyl/N-ethyl adjacent to an activating group) is 1. The summed E-state index contributed by atoms with van der Waals surface area (Å²) in [5.41, 5.74) is 2.02. The second-order valence-corrected chi connectivity index (χ2v) is 8.00. The highest BCUT2D eigenvalue weighted by Crippen LogP contribution is 2.26. The van der Waals surface area contributed by atoms with Crippen molar-refractivity contribution in [2.75, 3.05) is 80.1 Å². The van der Waals surface area contributed by atoms with Gasteiger partial charge in [-0.1, -0.05) is 6.08 Å². The van der Waals surface area contributed by atoms with Crippen LogP contribution in [0.2, 0.25) is 0 Å². The Hall–Kier alpha value is -1.61. The molecule has 0 saturated heterocycles. The van der Waals surface area contributed by atoms with Crippen molar-refractivity contribution >= 4 is 41.2 Å². The number of rotatable bonds is 16. The van der Waals surface area contributed by atoms with Crippen LogP contribution in [0.15, 0.2) is 6.08 Å². The van der Waals surface area contributed by atoms with Gasteiger partial charge in [-0.05, 0) is 19.0 Å². The van der Waals surface area contributed by atoms with E-state index in [1.807, 2.05) is 0 Å². The van der Waals surface area contributed by atoms with E-state index >= 15 is 0 Å². The third-order valence-electron chi connectivity index (χ3n) is 4.34. The Morgan fingerprint density at radius 2 is 1.58 bits per heavy atom. The Morgan fingerprint density at radius 1 is 0.909 bits per heavy atom. The fraction of sp³-hybridized carbons (Fsp3) is 0.684. The van der Waals surface area contributed by atoms with E-state index in [0.717, 1.165) is 36.7 Å². The Kier molecular flexibility index (Phi) is 13.5. The smallest absolute Gasteiger partial charge is 0.331 e. The van der Waals surface area contributed by atoms with Gasteiger partial charge in [0.05, 0.1) is 58.5 Å². The fourth-order valence-electron chi connectivity index (χ4n) is 2.80. The molecule has 33 heavy (non-hydrogen) atoms. The van der Waals surface area contributed by atoms with Crippen LogP contribution in [0.25, 0.3) is 5.57 Å². The number of hydrogen-bond donors (Lipinski definition) is 0. The van der Waals surface area contributed by atoms with E-state index in [0.29, 0.717) is 69.9 Å². The van der Waals surface area contributed by atoms with Crippen LogP contribution in [0, 0.1) is 0 Å². The van der Waals surface area contributed by atoms with Gasteiger partial charge >= 0.3 is 6.01 Å². The van der Waals surface area contributed by atoms with Crippen LogP contribution >= 0.6 is 35.7 Å². The van der Waals surface area contributed by atoms with E-state index in [2.05, 4.69) is 36.1 Å². The molecule has 2 aromatic rings. The van der Waals surface area contributed by atoms with Gasteiger partial charge in [0.25, 0.3) is 11.1 Å². The highest BCUT2D eigenvalue weighted by Gasteiger charge is 2.18. The summed E-state index contributed by atoms with van der Waals surface area (Å²) in [5, 5.41) is 0.462. The lowest BCUT2D eigenvalue weighted by Crippen LogP contribution is -2.25. The zero-order chi connectivity index (χ0) is 22.4. The first-order valence-electron chi connectivity index (χ1n) is 10.3. The molecule has 3 rings (SSSR count). The molecule has 0 atom stereocenters. The van der Waals surface area contributed by atoms with E-state index in [4.69, 9.17) is 28.4 Å². The van der Waals surface area contributed by atoms with Crippen molar-refractivity contribution in [3.63, 3.8) is 0 Å². The summed E-state index contributed by atoms with van der Waals surface area (Å²) in [6.07, 6.45) is 3.23. The van der Waals surface area contributed by atoms with Crippen molar-refractivity contribution in [1.82, 2.24) is 23.0 Å². The summed E-state index contributed by atoms with van der Waals surface area (Å²) in [6, 6.07) is 0.308. The van der Waals surface area contributed by atoms with Gasteiger partial charge in [0, 0.05) is 24.6 Å². The molecule has 0 N–H and O–H groups in total. The predicted octanol–water partition coefficient (Wildman–Crippen LogP) is 2.05. The van der Waals surface area contributed by atoms with Crippen LogP contribution in [0.4, 0.5) is 0 Å². The average Bonchev–Trinajstić information content (AvgIpc) is 3.46. The maximum Gasteiger partial charge on any atom is 0.331 e.